The summed E-state index contributed by atoms with van der Waals surface area (Å²) < 4.78 is 5.82. The smallest absolute Gasteiger partial charge is 0.223 e. The zero-order valence-corrected chi connectivity index (χ0v) is 16.0. The number of fused-ring (bicyclic) bond motifs is 11. The van der Waals surface area contributed by atoms with E-state index in [1.165, 1.54) is 5.56 Å². The van der Waals surface area contributed by atoms with Crippen LogP contribution in [-0.4, -0.2) is 30.4 Å². The second-order valence-electron chi connectivity index (χ2n) is 7.65. The van der Waals surface area contributed by atoms with E-state index in [0.29, 0.717) is 12.5 Å². The van der Waals surface area contributed by atoms with Gasteiger partial charge in [0, 0.05) is 12.0 Å². The summed E-state index contributed by atoms with van der Waals surface area (Å²) in [5.41, 5.74) is 2.92. The van der Waals surface area contributed by atoms with E-state index < -0.39 is 0 Å². The van der Waals surface area contributed by atoms with E-state index in [0.717, 1.165) is 31.4 Å². The first kappa shape index (κ1) is 20.7. The van der Waals surface area contributed by atoms with Gasteiger partial charge < -0.3 is 10.1 Å². The lowest BCUT2D eigenvalue weighted by atomic mass is 9.82. The van der Waals surface area contributed by atoms with Gasteiger partial charge in [-0.25, -0.2) is 0 Å². The molecule has 2 bridgehead atoms. The summed E-state index contributed by atoms with van der Waals surface area (Å²) in [5, 5.41) is 12.0. The highest BCUT2D eigenvalue weighted by atomic mass is 16.8. The van der Waals surface area contributed by atoms with Crippen LogP contribution in [0.1, 0.15) is 45.6 Å². The number of hydrogen-bond acceptors (Lipinski definition) is 5. The molecular weight excluding hydrogens is 332 g/mol. The number of rotatable bonds is 5. The third kappa shape index (κ3) is 6.59. The molecule has 6 heteroatoms. The standard InChI is InChI=1S/C20H32N2O4/c1-14(2)11-19-17(13-26-22-24)5-4-10-25-18-8-6-16(7-9-18)12-15(3)21-20(19)23/h6-9,14-15,17,19,22,24H,4-5,10-13H2,1-3H3,(H,21,23)/t15-,17-,19?/m1/s1. The summed E-state index contributed by atoms with van der Waals surface area (Å²) in [6.07, 6.45) is 3.17. The molecule has 0 aromatic heterocycles. The average molecular weight is 364 g/mol. The maximum atomic E-state index is 13.0. The predicted molar refractivity (Wildman–Crippen MR) is 99.8 cm³/mol. The van der Waals surface area contributed by atoms with Crippen LogP contribution in [0, 0.1) is 17.8 Å². The van der Waals surface area contributed by atoms with Crippen molar-refractivity contribution in [3.63, 3.8) is 0 Å². The molecule has 0 spiro atoms. The van der Waals surface area contributed by atoms with Crippen LogP contribution in [0.4, 0.5) is 0 Å². The molecule has 146 valence electrons. The monoisotopic (exact) mass is 364 g/mol. The summed E-state index contributed by atoms with van der Waals surface area (Å²) >= 11 is 0. The molecule has 0 saturated heterocycles. The zero-order chi connectivity index (χ0) is 18.9. The van der Waals surface area contributed by atoms with E-state index in [1.807, 2.05) is 19.1 Å². The fraction of sp³-hybridized carbons (Fsp3) is 0.650. The Kier molecular flexibility index (Phi) is 8.35. The van der Waals surface area contributed by atoms with Gasteiger partial charge in [-0.1, -0.05) is 31.6 Å². The van der Waals surface area contributed by atoms with Crippen LogP contribution in [0.25, 0.3) is 0 Å². The minimum atomic E-state index is -0.158. The van der Waals surface area contributed by atoms with Crippen molar-refractivity contribution in [1.29, 1.82) is 0 Å². The van der Waals surface area contributed by atoms with Crippen LogP contribution in [0.5, 0.6) is 5.75 Å². The normalized spacial score (nSPS) is 24.8. The minimum Gasteiger partial charge on any atom is -0.494 e. The first-order valence-electron chi connectivity index (χ1n) is 9.52. The van der Waals surface area contributed by atoms with E-state index in [-0.39, 0.29) is 30.4 Å². The molecule has 2 aliphatic rings. The Balaban J connectivity index is 2.19. The number of amides is 1. The van der Waals surface area contributed by atoms with Crippen molar-refractivity contribution in [2.24, 2.45) is 17.8 Å². The maximum absolute atomic E-state index is 13.0. The van der Waals surface area contributed by atoms with E-state index in [1.54, 1.807) is 5.64 Å². The Bertz CT molecular complexity index is 547. The van der Waals surface area contributed by atoms with E-state index in [9.17, 15) is 4.79 Å². The summed E-state index contributed by atoms with van der Waals surface area (Å²) in [6, 6.07) is 8.11. The highest BCUT2D eigenvalue weighted by molar-refractivity contribution is 5.79. The largest absolute Gasteiger partial charge is 0.494 e. The summed E-state index contributed by atoms with van der Waals surface area (Å²) in [4.78, 5) is 18.0. The molecule has 26 heavy (non-hydrogen) atoms. The van der Waals surface area contributed by atoms with Gasteiger partial charge in [-0.15, -0.1) is 0 Å². The van der Waals surface area contributed by atoms with Gasteiger partial charge in [-0.2, -0.15) is 0 Å². The third-order valence-corrected chi connectivity index (χ3v) is 4.83. The molecule has 3 atom stereocenters. The van der Waals surface area contributed by atoms with Crippen molar-refractivity contribution >= 4 is 5.91 Å². The van der Waals surface area contributed by atoms with Crippen molar-refractivity contribution in [2.45, 2.75) is 52.5 Å². The Labute approximate surface area is 156 Å². The second kappa shape index (κ2) is 10.5. The number of ether oxygens (including phenoxy) is 1. The summed E-state index contributed by atoms with van der Waals surface area (Å²) in [5.74, 6) is 1.18. The highest BCUT2D eigenvalue weighted by Crippen LogP contribution is 2.26. The van der Waals surface area contributed by atoms with Gasteiger partial charge in [0.1, 0.15) is 5.75 Å². The maximum Gasteiger partial charge on any atom is 0.223 e. The van der Waals surface area contributed by atoms with E-state index in [2.05, 4.69) is 31.3 Å². The van der Waals surface area contributed by atoms with Gasteiger partial charge in [0.2, 0.25) is 5.91 Å². The first-order valence-corrected chi connectivity index (χ1v) is 9.52. The van der Waals surface area contributed by atoms with Crippen molar-refractivity contribution < 1.29 is 19.6 Å². The molecule has 1 unspecified atom stereocenters. The van der Waals surface area contributed by atoms with Crippen molar-refractivity contribution in [3.8, 4) is 5.75 Å². The third-order valence-electron chi connectivity index (χ3n) is 4.83. The molecule has 2 heterocycles. The number of hydrogen-bond donors (Lipinski definition) is 3. The summed E-state index contributed by atoms with van der Waals surface area (Å²) in [7, 11) is 0. The molecule has 0 aliphatic carbocycles. The van der Waals surface area contributed by atoms with Gasteiger partial charge in [-0.3, -0.25) is 14.8 Å². The SMILES string of the molecule is CC(C)CC1C(=O)N[C@H](C)Cc2ccc(cc2)OCCC[C@@H]1CONO. The van der Waals surface area contributed by atoms with Gasteiger partial charge >= 0.3 is 0 Å². The number of carbonyl (C=O) groups is 1. The summed E-state index contributed by atoms with van der Waals surface area (Å²) in [6.45, 7) is 7.14. The Morgan fingerprint density at radius 1 is 1.35 bits per heavy atom. The molecule has 1 aromatic carbocycles. The highest BCUT2D eigenvalue weighted by Gasteiger charge is 2.30. The van der Waals surface area contributed by atoms with Gasteiger partial charge in [0.15, 0.2) is 0 Å². The van der Waals surface area contributed by atoms with Gasteiger partial charge in [0.05, 0.1) is 13.2 Å². The lowest BCUT2D eigenvalue weighted by molar-refractivity contribution is -0.149. The van der Waals surface area contributed by atoms with Crippen molar-refractivity contribution in [1.82, 2.24) is 11.0 Å². The predicted octanol–water partition coefficient (Wildman–Crippen LogP) is 3.10. The van der Waals surface area contributed by atoms with Crippen LogP contribution in [0.15, 0.2) is 24.3 Å². The second-order valence-corrected chi connectivity index (χ2v) is 7.65. The van der Waals surface area contributed by atoms with E-state index >= 15 is 0 Å². The molecule has 0 saturated carbocycles. The number of benzene rings is 1. The zero-order valence-electron chi connectivity index (χ0n) is 16.0. The first-order chi connectivity index (χ1) is 12.5. The number of nitrogens with one attached hydrogen (secondary N) is 2. The van der Waals surface area contributed by atoms with E-state index in [4.69, 9.17) is 14.8 Å². The molecule has 6 nitrogen and oxygen atoms in total. The molecule has 1 amide bonds. The topological polar surface area (TPSA) is 79.8 Å². The van der Waals surface area contributed by atoms with Crippen LogP contribution in [-0.2, 0) is 16.1 Å². The van der Waals surface area contributed by atoms with Gasteiger partial charge in [0.25, 0.3) is 0 Å². The molecule has 1 aromatic rings. The Morgan fingerprint density at radius 2 is 2.08 bits per heavy atom. The van der Waals surface area contributed by atoms with Crippen LogP contribution in [0.3, 0.4) is 0 Å². The van der Waals surface area contributed by atoms with Crippen molar-refractivity contribution in [3.05, 3.63) is 29.8 Å². The average Bonchev–Trinajstić information content (AvgIpc) is 2.60. The van der Waals surface area contributed by atoms with Gasteiger partial charge in [-0.05, 0) is 62.1 Å². The molecule has 3 N–H and O–H groups in total. The fourth-order valence-corrected chi connectivity index (χ4v) is 3.58. The minimum absolute atomic E-state index is 0.0108. The van der Waals surface area contributed by atoms with Crippen LogP contribution < -0.4 is 15.7 Å². The fourth-order valence-electron chi connectivity index (χ4n) is 3.58. The molecule has 0 radical (unpaired) electrons. The quantitative estimate of drug-likeness (QED) is 0.700. The lowest BCUT2D eigenvalue weighted by Crippen LogP contribution is -2.43. The molecule has 3 rings (SSSR count). The lowest BCUT2D eigenvalue weighted by Gasteiger charge is -2.29. The Hall–Kier alpha value is -1.63. The molecular formula is C20H32N2O4. The van der Waals surface area contributed by atoms with Crippen LogP contribution in [0.2, 0.25) is 0 Å². The van der Waals surface area contributed by atoms with Crippen LogP contribution >= 0.6 is 0 Å². The molecule has 2 aliphatic heterocycles. The Morgan fingerprint density at radius 3 is 2.73 bits per heavy atom. The molecule has 0 fully saturated rings. The van der Waals surface area contributed by atoms with Crippen molar-refractivity contribution in [2.75, 3.05) is 13.2 Å². The number of carbonyl (C=O) groups excluding carboxylic acids is 1.